The Morgan fingerprint density at radius 2 is 2.05 bits per heavy atom. The molecule has 2 rings (SSSR count). The van der Waals surface area contributed by atoms with E-state index in [4.69, 9.17) is 4.74 Å². The van der Waals surface area contributed by atoms with E-state index in [0.717, 1.165) is 5.69 Å². The Balaban J connectivity index is 1.92. The van der Waals surface area contributed by atoms with E-state index >= 15 is 0 Å². The zero-order valence-electron chi connectivity index (χ0n) is 12.8. The predicted octanol–water partition coefficient (Wildman–Crippen LogP) is 1.39. The van der Waals surface area contributed by atoms with Crippen molar-refractivity contribution in [2.45, 2.75) is 38.8 Å². The second kappa shape index (κ2) is 5.75. The first-order valence-corrected chi connectivity index (χ1v) is 6.85. The number of nitrogens with zero attached hydrogens (tertiary/aromatic N) is 3. The fourth-order valence-corrected chi connectivity index (χ4v) is 2.15. The lowest BCUT2D eigenvalue weighted by Gasteiger charge is -2.39. The highest BCUT2D eigenvalue weighted by molar-refractivity contribution is 5.70. The number of aromatic nitrogens is 2. The van der Waals surface area contributed by atoms with E-state index in [0.29, 0.717) is 13.1 Å². The van der Waals surface area contributed by atoms with E-state index < -0.39 is 5.60 Å². The van der Waals surface area contributed by atoms with Crippen LogP contribution in [0.2, 0.25) is 0 Å². The number of amides is 1. The number of rotatable bonds is 3. The van der Waals surface area contributed by atoms with Crippen molar-refractivity contribution in [3.05, 3.63) is 18.2 Å². The predicted molar refractivity (Wildman–Crippen MR) is 74.8 cm³/mol. The van der Waals surface area contributed by atoms with Crippen molar-refractivity contribution in [3.8, 4) is 0 Å². The van der Waals surface area contributed by atoms with Crippen LogP contribution < -0.4 is 0 Å². The molecular formula is C14H21N3O4. The molecule has 7 heteroatoms. The maximum absolute atomic E-state index is 11.9. The summed E-state index contributed by atoms with van der Waals surface area (Å²) in [5, 5.41) is 0. The number of carbonyl (C=O) groups excluding carboxylic acids is 2. The third kappa shape index (κ3) is 3.74. The molecule has 21 heavy (non-hydrogen) atoms. The van der Waals surface area contributed by atoms with E-state index in [-0.39, 0.29) is 24.5 Å². The standard InChI is InChI=1S/C14H21N3O4/c1-14(2,3)21-13(19)16-6-10(7-16)11-5-15-9-17(11)8-12(18)20-4/h5,9-10H,6-8H2,1-4H3. The Morgan fingerprint density at radius 3 is 2.62 bits per heavy atom. The van der Waals surface area contributed by atoms with E-state index in [9.17, 15) is 9.59 Å². The first-order chi connectivity index (χ1) is 9.80. The van der Waals surface area contributed by atoms with E-state index in [2.05, 4.69) is 9.72 Å². The maximum Gasteiger partial charge on any atom is 0.410 e. The monoisotopic (exact) mass is 295 g/mol. The van der Waals surface area contributed by atoms with Crippen LogP contribution in [0.5, 0.6) is 0 Å². The first kappa shape index (κ1) is 15.3. The van der Waals surface area contributed by atoms with Gasteiger partial charge in [0.2, 0.25) is 0 Å². The largest absolute Gasteiger partial charge is 0.468 e. The summed E-state index contributed by atoms with van der Waals surface area (Å²) in [6.07, 6.45) is 3.01. The van der Waals surface area contributed by atoms with Gasteiger partial charge < -0.3 is 18.9 Å². The fourth-order valence-electron chi connectivity index (χ4n) is 2.15. The second-order valence-electron chi connectivity index (χ2n) is 6.10. The average molecular weight is 295 g/mol. The van der Waals surface area contributed by atoms with Crippen molar-refractivity contribution < 1.29 is 19.1 Å². The minimum atomic E-state index is -0.491. The molecule has 1 aliphatic heterocycles. The summed E-state index contributed by atoms with van der Waals surface area (Å²) in [5.74, 6) is -0.151. The highest BCUT2D eigenvalue weighted by atomic mass is 16.6. The van der Waals surface area contributed by atoms with Crippen molar-refractivity contribution in [3.63, 3.8) is 0 Å². The van der Waals surface area contributed by atoms with Gasteiger partial charge in [-0.3, -0.25) is 4.79 Å². The molecule has 0 unspecified atom stereocenters. The molecule has 0 aliphatic carbocycles. The van der Waals surface area contributed by atoms with Gasteiger partial charge in [0, 0.05) is 30.9 Å². The fraction of sp³-hybridized carbons (Fsp3) is 0.643. The molecule has 1 fully saturated rings. The van der Waals surface area contributed by atoms with Gasteiger partial charge in [-0.25, -0.2) is 9.78 Å². The summed E-state index contributed by atoms with van der Waals surface area (Å²) in [6, 6.07) is 0. The van der Waals surface area contributed by atoms with Gasteiger partial charge in [0.05, 0.1) is 13.4 Å². The van der Waals surface area contributed by atoms with Crippen LogP contribution in [0.3, 0.4) is 0 Å². The Hall–Kier alpha value is -2.05. The molecule has 1 aliphatic rings. The summed E-state index contributed by atoms with van der Waals surface area (Å²) in [7, 11) is 1.35. The van der Waals surface area contributed by atoms with Gasteiger partial charge in [-0.15, -0.1) is 0 Å². The van der Waals surface area contributed by atoms with Crippen LogP contribution in [-0.4, -0.2) is 52.3 Å². The van der Waals surface area contributed by atoms with Crippen molar-refractivity contribution >= 4 is 12.1 Å². The number of imidazole rings is 1. The molecule has 0 atom stereocenters. The molecule has 0 saturated carbocycles. The number of hydrogen-bond donors (Lipinski definition) is 0. The Labute approximate surface area is 123 Å². The number of methoxy groups -OCH3 is 1. The molecule has 0 bridgehead atoms. The van der Waals surface area contributed by atoms with E-state index in [1.54, 1.807) is 22.0 Å². The average Bonchev–Trinajstić information content (AvgIpc) is 2.72. The molecule has 2 heterocycles. The van der Waals surface area contributed by atoms with Crippen LogP contribution in [0.15, 0.2) is 12.5 Å². The summed E-state index contributed by atoms with van der Waals surface area (Å²) in [6.45, 7) is 6.80. The highest BCUT2D eigenvalue weighted by Gasteiger charge is 2.36. The smallest absolute Gasteiger partial charge is 0.410 e. The van der Waals surface area contributed by atoms with E-state index in [1.165, 1.54) is 7.11 Å². The van der Waals surface area contributed by atoms with Crippen molar-refractivity contribution in [1.82, 2.24) is 14.5 Å². The third-order valence-electron chi connectivity index (χ3n) is 3.22. The van der Waals surface area contributed by atoms with Crippen LogP contribution in [0, 0.1) is 0 Å². The van der Waals surface area contributed by atoms with Crippen LogP contribution in [-0.2, 0) is 20.8 Å². The Morgan fingerprint density at radius 1 is 1.38 bits per heavy atom. The van der Waals surface area contributed by atoms with Gasteiger partial charge in [-0.1, -0.05) is 0 Å². The molecule has 1 aromatic heterocycles. The summed E-state index contributed by atoms with van der Waals surface area (Å²) < 4.78 is 11.7. The molecule has 0 N–H and O–H groups in total. The quantitative estimate of drug-likeness (QED) is 0.788. The lowest BCUT2D eigenvalue weighted by Crippen LogP contribution is -2.50. The second-order valence-corrected chi connectivity index (χ2v) is 6.10. The number of ether oxygens (including phenoxy) is 2. The van der Waals surface area contributed by atoms with Crippen LogP contribution in [0.1, 0.15) is 32.4 Å². The summed E-state index contributed by atoms with van der Waals surface area (Å²) in [5.41, 5.74) is 0.440. The molecule has 0 spiro atoms. The summed E-state index contributed by atoms with van der Waals surface area (Å²) in [4.78, 5) is 28.9. The van der Waals surface area contributed by atoms with Gasteiger partial charge in [-0.2, -0.15) is 0 Å². The number of carbonyl (C=O) groups is 2. The molecule has 1 saturated heterocycles. The summed E-state index contributed by atoms with van der Waals surface area (Å²) >= 11 is 0. The molecule has 1 amide bonds. The maximum atomic E-state index is 11.9. The molecule has 0 aromatic carbocycles. The molecule has 1 aromatic rings. The van der Waals surface area contributed by atoms with Gasteiger partial charge >= 0.3 is 12.1 Å². The number of hydrogen-bond acceptors (Lipinski definition) is 5. The zero-order valence-corrected chi connectivity index (χ0v) is 12.8. The van der Waals surface area contributed by atoms with Crippen molar-refractivity contribution in [1.29, 1.82) is 0 Å². The lowest BCUT2D eigenvalue weighted by molar-refractivity contribution is -0.141. The zero-order chi connectivity index (χ0) is 15.6. The van der Waals surface area contributed by atoms with Crippen molar-refractivity contribution in [2.75, 3.05) is 20.2 Å². The molecular weight excluding hydrogens is 274 g/mol. The molecule has 0 radical (unpaired) electrons. The van der Waals surface area contributed by atoms with Crippen LogP contribution >= 0.6 is 0 Å². The Bertz CT molecular complexity index is 527. The van der Waals surface area contributed by atoms with Gasteiger partial charge in [0.15, 0.2) is 0 Å². The first-order valence-electron chi connectivity index (χ1n) is 6.85. The number of esters is 1. The lowest BCUT2D eigenvalue weighted by atomic mass is 9.97. The Kier molecular flexibility index (Phi) is 4.20. The van der Waals surface area contributed by atoms with Gasteiger partial charge in [-0.05, 0) is 20.8 Å². The normalized spacial score (nSPS) is 15.5. The molecule has 7 nitrogen and oxygen atoms in total. The minimum absolute atomic E-state index is 0.134. The SMILES string of the molecule is COC(=O)Cn1cncc1C1CN(C(=O)OC(C)(C)C)C1. The minimum Gasteiger partial charge on any atom is -0.468 e. The number of likely N-dealkylation sites (tertiary alicyclic amines) is 1. The van der Waals surface area contributed by atoms with Crippen molar-refractivity contribution in [2.24, 2.45) is 0 Å². The molecule has 116 valence electrons. The van der Waals surface area contributed by atoms with E-state index in [1.807, 2.05) is 20.8 Å². The van der Waals surface area contributed by atoms with Crippen LogP contribution in [0.25, 0.3) is 0 Å². The third-order valence-corrected chi connectivity index (χ3v) is 3.22. The van der Waals surface area contributed by atoms with Gasteiger partial charge in [0.25, 0.3) is 0 Å². The highest BCUT2D eigenvalue weighted by Crippen LogP contribution is 2.28. The topological polar surface area (TPSA) is 73.7 Å². The van der Waals surface area contributed by atoms with Crippen LogP contribution in [0.4, 0.5) is 4.79 Å². The van der Waals surface area contributed by atoms with Gasteiger partial charge in [0.1, 0.15) is 12.1 Å².